The molecule has 1 aliphatic rings. The Balaban J connectivity index is 1.54. The molecule has 0 spiro atoms. The lowest BCUT2D eigenvalue weighted by Crippen LogP contribution is -2.42. The van der Waals surface area contributed by atoms with Crippen molar-refractivity contribution in [2.24, 2.45) is 0 Å². The van der Waals surface area contributed by atoms with Crippen LogP contribution >= 0.6 is 0 Å². The number of hydrogen-bond acceptors (Lipinski definition) is 5. The van der Waals surface area contributed by atoms with E-state index in [4.69, 9.17) is 21.1 Å². The highest BCUT2D eigenvalue weighted by Crippen LogP contribution is 2.39. The third-order valence-corrected chi connectivity index (χ3v) is 6.68. The lowest BCUT2D eigenvalue weighted by atomic mass is 9.90. The number of carbonyl (C=O) groups excluding carboxylic acids is 2. The van der Waals surface area contributed by atoms with Gasteiger partial charge < -0.3 is 14.4 Å². The summed E-state index contributed by atoms with van der Waals surface area (Å²) in [4.78, 5) is 30.6. The van der Waals surface area contributed by atoms with Crippen LogP contribution in [-0.4, -0.2) is 45.2 Å². The molecule has 8 heteroatoms. The van der Waals surface area contributed by atoms with Crippen LogP contribution in [0.1, 0.15) is 69.9 Å². The summed E-state index contributed by atoms with van der Waals surface area (Å²) >= 11 is 0. The Hall–Kier alpha value is -4.12. The number of benzene rings is 2. The van der Waals surface area contributed by atoms with Gasteiger partial charge in [0.25, 0.3) is 0 Å². The number of amides is 1. The normalized spacial score (nSPS) is 17.4. The molecule has 4 rings (SSSR count). The summed E-state index contributed by atoms with van der Waals surface area (Å²) in [6.45, 7) is 14.9. The van der Waals surface area contributed by atoms with Crippen molar-refractivity contribution >= 4 is 17.6 Å². The molecule has 0 aliphatic heterocycles. The van der Waals surface area contributed by atoms with Crippen LogP contribution in [0.15, 0.2) is 54.6 Å². The summed E-state index contributed by atoms with van der Waals surface area (Å²) in [5.41, 5.74) is 1.29. The summed E-state index contributed by atoms with van der Waals surface area (Å²) in [6, 6.07) is 16.9. The van der Waals surface area contributed by atoms with Gasteiger partial charge in [0.15, 0.2) is 5.78 Å². The Kier molecular flexibility index (Phi) is 7.86. The highest BCUT2D eigenvalue weighted by molar-refractivity contribution is 6.01. The van der Waals surface area contributed by atoms with Gasteiger partial charge in [-0.3, -0.25) is 9.48 Å². The Labute approximate surface area is 224 Å². The predicted octanol–water partition coefficient (Wildman–Crippen LogP) is 7.45. The van der Waals surface area contributed by atoms with Crippen LogP contribution in [0.5, 0.6) is 11.5 Å². The maximum Gasteiger partial charge on any atom is 0.410 e. The molecule has 3 aromatic rings. The molecule has 0 radical (unpaired) electrons. The molecule has 0 saturated heterocycles. The van der Waals surface area contributed by atoms with E-state index >= 15 is 0 Å². The lowest BCUT2D eigenvalue weighted by Gasteiger charge is -2.36. The van der Waals surface area contributed by atoms with E-state index in [0.29, 0.717) is 17.1 Å². The number of ketones is 1. The van der Waals surface area contributed by atoms with E-state index in [1.54, 1.807) is 16.6 Å². The second kappa shape index (κ2) is 11.1. The topological polar surface area (TPSA) is 78.0 Å². The minimum absolute atomic E-state index is 0.0351. The van der Waals surface area contributed by atoms with E-state index in [9.17, 15) is 9.59 Å². The van der Waals surface area contributed by atoms with Crippen LogP contribution in [0.2, 0.25) is 0 Å². The Morgan fingerprint density at radius 1 is 1.00 bits per heavy atom. The van der Waals surface area contributed by atoms with Gasteiger partial charge in [-0.1, -0.05) is 30.3 Å². The molecule has 1 fully saturated rings. The minimum atomic E-state index is -0.549. The first-order chi connectivity index (χ1) is 18.1. The Morgan fingerprint density at radius 2 is 1.61 bits per heavy atom. The van der Waals surface area contributed by atoms with Crippen LogP contribution in [0.4, 0.5) is 10.5 Å². The second-order valence-electron chi connectivity index (χ2n) is 10.7. The van der Waals surface area contributed by atoms with Gasteiger partial charge in [0.2, 0.25) is 5.69 Å². The van der Waals surface area contributed by atoms with Gasteiger partial charge in [-0.05, 0) is 83.2 Å². The maximum absolute atomic E-state index is 12.7. The number of Topliss-reactive ketones (excluding diaryl/α,β-unsaturated/α-hetero) is 1. The van der Waals surface area contributed by atoms with Gasteiger partial charge in [-0.15, -0.1) is 0 Å². The molecule has 1 aliphatic carbocycles. The summed E-state index contributed by atoms with van der Waals surface area (Å²) < 4.78 is 13.1. The van der Waals surface area contributed by atoms with Crippen molar-refractivity contribution in [2.75, 3.05) is 7.05 Å². The van der Waals surface area contributed by atoms with Gasteiger partial charge >= 0.3 is 6.09 Å². The molecular formula is C30H34N4O4. The number of ether oxygens (including phenoxy) is 2. The first-order valence-electron chi connectivity index (χ1n) is 12.9. The number of rotatable bonds is 6. The summed E-state index contributed by atoms with van der Waals surface area (Å²) in [5, 5.41) is 4.80. The third kappa shape index (κ3) is 6.05. The molecule has 1 amide bonds. The SMILES string of the molecule is [C-]#[N+]c1c(-c2ccc(Oc3ccccc3)cc2)nn(C2CCC(N(C)C(=O)OC(C)(C)C)CC2)c1C(C)=O. The first-order valence-corrected chi connectivity index (χ1v) is 12.9. The van der Waals surface area contributed by atoms with Crippen molar-refractivity contribution in [1.82, 2.24) is 14.7 Å². The summed E-state index contributed by atoms with van der Waals surface area (Å²) in [5.74, 6) is 1.22. The molecule has 0 N–H and O–H groups in total. The largest absolute Gasteiger partial charge is 0.457 e. The zero-order chi connectivity index (χ0) is 27.4. The quantitative estimate of drug-likeness (QED) is 0.252. The molecule has 1 aromatic heterocycles. The first kappa shape index (κ1) is 26.9. The highest BCUT2D eigenvalue weighted by atomic mass is 16.6. The fourth-order valence-electron chi connectivity index (χ4n) is 4.80. The van der Waals surface area contributed by atoms with Crippen molar-refractivity contribution in [3.05, 3.63) is 71.7 Å². The van der Waals surface area contributed by atoms with Crippen LogP contribution in [0.3, 0.4) is 0 Å². The fourth-order valence-corrected chi connectivity index (χ4v) is 4.80. The van der Waals surface area contributed by atoms with Gasteiger partial charge in [0.05, 0.1) is 18.3 Å². The Morgan fingerprint density at radius 3 is 2.16 bits per heavy atom. The molecule has 38 heavy (non-hydrogen) atoms. The lowest BCUT2D eigenvalue weighted by molar-refractivity contribution is 0.0172. The predicted molar refractivity (Wildman–Crippen MR) is 146 cm³/mol. The average molecular weight is 515 g/mol. The number of nitrogens with zero attached hydrogens (tertiary/aromatic N) is 4. The van der Waals surface area contributed by atoms with E-state index in [0.717, 1.165) is 37.0 Å². The molecular weight excluding hydrogens is 480 g/mol. The van der Waals surface area contributed by atoms with Gasteiger partial charge in [-0.25, -0.2) is 9.64 Å². The standard InChI is InChI=1S/C30H34N4O4/c1-20(35)28-27(31-5)26(21-12-18-25(19-13-21)37-24-10-8-7-9-11-24)32-34(28)23-16-14-22(15-17-23)33(6)29(36)38-30(2,3)4/h7-13,18-19,22-23H,14-17H2,1-4,6H3. The minimum Gasteiger partial charge on any atom is -0.457 e. The van der Waals surface area contributed by atoms with Crippen molar-refractivity contribution in [3.8, 4) is 22.8 Å². The van der Waals surface area contributed by atoms with Crippen LogP contribution in [0, 0.1) is 6.57 Å². The zero-order valence-corrected chi connectivity index (χ0v) is 22.6. The van der Waals surface area contributed by atoms with Crippen LogP contribution < -0.4 is 4.74 Å². The number of para-hydroxylation sites is 1. The second-order valence-corrected chi connectivity index (χ2v) is 10.7. The molecule has 0 bridgehead atoms. The van der Waals surface area contributed by atoms with Gasteiger partial charge in [-0.2, -0.15) is 5.10 Å². The molecule has 0 unspecified atom stereocenters. The van der Waals surface area contributed by atoms with Crippen molar-refractivity contribution < 1.29 is 19.1 Å². The molecule has 8 nitrogen and oxygen atoms in total. The van der Waals surface area contributed by atoms with Crippen LogP contribution in [0.25, 0.3) is 16.1 Å². The summed E-state index contributed by atoms with van der Waals surface area (Å²) in [6.07, 6.45) is 2.65. The van der Waals surface area contributed by atoms with Gasteiger partial charge in [0.1, 0.15) is 22.8 Å². The number of carbonyl (C=O) groups is 2. The number of hydrogen-bond donors (Lipinski definition) is 0. The summed E-state index contributed by atoms with van der Waals surface area (Å²) in [7, 11) is 1.77. The zero-order valence-electron chi connectivity index (χ0n) is 22.6. The third-order valence-electron chi connectivity index (χ3n) is 6.68. The van der Waals surface area contributed by atoms with Gasteiger partial charge in [0, 0.05) is 13.1 Å². The monoisotopic (exact) mass is 514 g/mol. The van der Waals surface area contributed by atoms with E-state index < -0.39 is 5.60 Å². The molecule has 0 atom stereocenters. The molecule has 1 saturated carbocycles. The number of aromatic nitrogens is 2. The Bertz CT molecular complexity index is 1330. The van der Waals surface area contributed by atoms with E-state index in [1.165, 1.54) is 6.92 Å². The van der Waals surface area contributed by atoms with Crippen molar-refractivity contribution in [2.45, 2.75) is 71.1 Å². The van der Waals surface area contributed by atoms with Crippen LogP contribution in [-0.2, 0) is 4.74 Å². The maximum atomic E-state index is 12.7. The smallest absolute Gasteiger partial charge is 0.410 e. The van der Waals surface area contributed by atoms with Crippen molar-refractivity contribution in [3.63, 3.8) is 0 Å². The van der Waals surface area contributed by atoms with E-state index in [-0.39, 0.29) is 29.6 Å². The molecule has 2 aromatic carbocycles. The molecule has 1 heterocycles. The fraction of sp³-hybridized carbons (Fsp3) is 0.400. The average Bonchev–Trinajstić information content (AvgIpc) is 3.28. The van der Waals surface area contributed by atoms with E-state index in [2.05, 4.69) is 4.85 Å². The molecule has 198 valence electrons. The highest BCUT2D eigenvalue weighted by Gasteiger charge is 2.33. The van der Waals surface area contributed by atoms with Crippen molar-refractivity contribution in [1.29, 1.82) is 0 Å². The van der Waals surface area contributed by atoms with E-state index in [1.807, 2.05) is 75.4 Å².